The quantitative estimate of drug-likeness (QED) is 0.809. The predicted octanol–water partition coefficient (Wildman–Crippen LogP) is 1.42. The lowest BCUT2D eigenvalue weighted by Crippen LogP contribution is -2.40. The van der Waals surface area contributed by atoms with Crippen molar-refractivity contribution in [3.8, 4) is 0 Å². The second-order valence-corrected chi connectivity index (χ2v) is 5.71. The van der Waals surface area contributed by atoms with Gasteiger partial charge in [0.1, 0.15) is 0 Å². The van der Waals surface area contributed by atoms with E-state index < -0.39 is 5.97 Å². The Balaban J connectivity index is 1.83. The summed E-state index contributed by atoms with van der Waals surface area (Å²) in [5, 5.41) is 12.1. The fourth-order valence-electron chi connectivity index (χ4n) is 3.22. The molecule has 1 aliphatic carbocycles. The van der Waals surface area contributed by atoms with Crippen LogP contribution in [0.5, 0.6) is 0 Å². The van der Waals surface area contributed by atoms with Gasteiger partial charge >= 0.3 is 5.97 Å². The third-order valence-corrected chi connectivity index (χ3v) is 4.48. The molecule has 2 fully saturated rings. The molecule has 0 aromatic heterocycles. The molecule has 0 spiro atoms. The Morgan fingerprint density at radius 1 is 1.21 bits per heavy atom. The molecular formula is C14H23NO4. The number of amides is 1. The minimum atomic E-state index is -0.725. The van der Waals surface area contributed by atoms with E-state index in [0.29, 0.717) is 13.2 Å². The molecule has 4 atom stereocenters. The zero-order valence-corrected chi connectivity index (χ0v) is 11.4. The van der Waals surface area contributed by atoms with E-state index in [2.05, 4.69) is 5.32 Å². The number of ether oxygens (including phenoxy) is 1. The lowest BCUT2D eigenvalue weighted by molar-refractivity contribution is -0.145. The third kappa shape index (κ3) is 3.47. The van der Waals surface area contributed by atoms with E-state index in [9.17, 15) is 14.7 Å². The Morgan fingerprint density at radius 3 is 2.58 bits per heavy atom. The average molecular weight is 269 g/mol. The van der Waals surface area contributed by atoms with Crippen molar-refractivity contribution in [2.24, 2.45) is 17.8 Å². The minimum absolute atomic E-state index is 0.0136. The molecular weight excluding hydrogens is 246 g/mol. The summed E-state index contributed by atoms with van der Waals surface area (Å²) in [6.45, 7) is 3.04. The second kappa shape index (κ2) is 6.37. The molecule has 1 aliphatic heterocycles. The van der Waals surface area contributed by atoms with E-state index in [-0.39, 0.29) is 29.8 Å². The number of hydrogen-bond acceptors (Lipinski definition) is 3. The topological polar surface area (TPSA) is 75.6 Å². The molecule has 2 N–H and O–H groups in total. The molecule has 1 saturated heterocycles. The van der Waals surface area contributed by atoms with Crippen molar-refractivity contribution < 1.29 is 19.4 Å². The normalized spacial score (nSPS) is 35.0. The summed E-state index contributed by atoms with van der Waals surface area (Å²) >= 11 is 0. The largest absolute Gasteiger partial charge is 0.481 e. The number of carbonyl (C=O) groups excluding carboxylic acids is 1. The zero-order valence-electron chi connectivity index (χ0n) is 11.4. The molecule has 0 radical (unpaired) electrons. The first kappa shape index (κ1) is 14.3. The van der Waals surface area contributed by atoms with E-state index in [1.54, 1.807) is 0 Å². The van der Waals surface area contributed by atoms with Gasteiger partial charge in [0, 0.05) is 13.2 Å². The van der Waals surface area contributed by atoms with Crippen LogP contribution in [-0.2, 0) is 14.3 Å². The molecule has 1 amide bonds. The second-order valence-electron chi connectivity index (χ2n) is 5.71. The van der Waals surface area contributed by atoms with Gasteiger partial charge in [-0.25, -0.2) is 0 Å². The van der Waals surface area contributed by atoms with Crippen molar-refractivity contribution in [1.82, 2.24) is 5.32 Å². The maximum Gasteiger partial charge on any atom is 0.306 e. The molecule has 1 saturated carbocycles. The molecule has 4 unspecified atom stereocenters. The van der Waals surface area contributed by atoms with Crippen molar-refractivity contribution in [2.45, 2.75) is 45.1 Å². The highest BCUT2D eigenvalue weighted by Crippen LogP contribution is 2.30. The van der Waals surface area contributed by atoms with Crippen LogP contribution in [0.4, 0.5) is 0 Å². The third-order valence-electron chi connectivity index (χ3n) is 4.48. The first-order valence-corrected chi connectivity index (χ1v) is 7.21. The molecule has 2 rings (SSSR count). The van der Waals surface area contributed by atoms with Crippen LogP contribution in [0, 0.1) is 17.8 Å². The first-order chi connectivity index (χ1) is 9.09. The maximum absolute atomic E-state index is 12.0. The SMILES string of the molecule is CC1OCCC1C(=O)NCC1CCCCC1C(=O)O. The van der Waals surface area contributed by atoms with Crippen LogP contribution in [-0.4, -0.2) is 36.2 Å². The van der Waals surface area contributed by atoms with Crippen LogP contribution >= 0.6 is 0 Å². The van der Waals surface area contributed by atoms with Gasteiger partial charge in [-0.1, -0.05) is 12.8 Å². The number of carboxylic acids is 1. The summed E-state index contributed by atoms with van der Waals surface area (Å²) in [5.41, 5.74) is 0. The molecule has 0 bridgehead atoms. The Bertz CT molecular complexity index is 344. The molecule has 0 aromatic rings. The number of nitrogens with one attached hydrogen (secondary N) is 1. The summed E-state index contributed by atoms with van der Waals surface area (Å²) in [6, 6.07) is 0. The van der Waals surface area contributed by atoms with Gasteiger partial charge < -0.3 is 15.2 Å². The van der Waals surface area contributed by atoms with E-state index in [4.69, 9.17) is 4.74 Å². The Labute approximate surface area is 113 Å². The molecule has 108 valence electrons. The summed E-state index contributed by atoms with van der Waals surface area (Å²) in [7, 11) is 0. The smallest absolute Gasteiger partial charge is 0.306 e. The first-order valence-electron chi connectivity index (χ1n) is 7.21. The monoisotopic (exact) mass is 269 g/mol. The van der Waals surface area contributed by atoms with E-state index in [1.165, 1.54) is 0 Å². The Morgan fingerprint density at radius 2 is 1.95 bits per heavy atom. The average Bonchev–Trinajstić information content (AvgIpc) is 2.82. The van der Waals surface area contributed by atoms with Gasteiger partial charge in [0.2, 0.25) is 5.91 Å². The van der Waals surface area contributed by atoms with Crippen LogP contribution in [0.2, 0.25) is 0 Å². The van der Waals surface area contributed by atoms with Gasteiger partial charge in [-0.3, -0.25) is 9.59 Å². The number of carboxylic acid groups (broad SMARTS) is 1. The maximum atomic E-state index is 12.0. The lowest BCUT2D eigenvalue weighted by atomic mass is 9.79. The van der Waals surface area contributed by atoms with E-state index in [0.717, 1.165) is 32.1 Å². The number of aliphatic carboxylic acids is 1. The van der Waals surface area contributed by atoms with Crippen molar-refractivity contribution >= 4 is 11.9 Å². The van der Waals surface area contributed by atoms with Crippen LogP contribution < -0.4 is 5.32 Å². The summed E-state index contributed by atoms with van der Waals surface area (Å²) in [4.78, 5) is 23.2. The van der Waals surface area contributed by atoms with Crippen molar-refractivity contribution in [3.63, 3.8) is 0 Å². The van der Waals surface area contributed by atoms with Gasteiger partial charge in [0.25, 0.3) is 0 Å². The van der Waals surface area contributed by atoms with Crippen LogP contribution in [0.25, 0.3) is 0 Å². The fraction of sp³-hybridized carbons (Fsp3) is 0.857. The van der Waals surface area contributed by atoms with Crippen LogP contribution in [0.1, 0.15) is 39.0 Å². The van der Waals surface area contributed by atoms with Crippen molar-refractivity contribution in [2.75, 3.05) is 13.2 Å². The molecule has 19 heavy (non-hydrogen) atoms. The Hall–Kier alpha value is -1.10. The molecule has 5 heteroatoms. The molecule has 1 heterocycles. The fourth-order valence-corrected chi connectivity index (χ4v) is 3.22. The molecule has 5 nitrogen and oxygen atoms in total. The molecule has 0 aromatic carbocycles. The number of rotatable bonds is 4. The zero-order chi connectivity index (χ0) is 13.8. The summed E-state index contributed by atoms with van der Waals surface area (Å²) in [6.07, 6.45) is 4.41. The van der Waals surface area contributed by atoms with Gasteiger partial charge in [-0.2, -0.15) is 0 Å². The Kier molecular flexibility index (Phi) is 4.80. The van der Waals surface area contributed by atoms with Gasteiger partial charge in [-0.05, 0) is 32.1 Å². The summed E-state index contributed by atoms with van der Waals surface area (Å²) in [5.74, 6) is -1.01. The highest BCUT2D eigenvalue weighted by atomic mass is 16.5. The van der Waals surface area contributed by atoms with Gasteiger partial charge in [0.05, 0.1) is 17.9 Å². The lowest BCUT2D eigenvalue weighted by Gasteiger charge is -2.29. The minimum Gasteiger partial charge on any atom is -0.481 e. The molecule has 2 aliphatic rings. The van der Waals surface area contributed by atoms with E-state index >= 15 is 0 Å². The van der Waals surface area contributed by atoms with Crippen molar-refractivity contribution in [3.05, 3.63) is 0 Å². The van der Waals surface area contributed by atoms with Gasteiger partial charge in [0.15, 0.2) is 0 Å². The van der Waals surface area contributed by atoms with Crippen LogP contribution in [0.3, 0.4) is 0 Å². The summed E-state index contributed by atoms with van der Waals surface area (Å²) < 4.78 is 5.38. The highest BCUT2D eigenvalue weighted by Gasteiger charge is 2.33. The highest BCUT2D eigenvalue weighted by molar-refractivity contribution is 5.79. The number of carbonyl (C=O) groups is 2. The number of hydrogen-bond donors (Lipinski definition) is 2. The predicted molar refractivity (Wildman–Crippen MR) is 69.6 cm³/mol. The van der Waals surface area contributed by atoms with E-state index in [1.807, 2.05) is 6.92 Å². The van der Waals surface area contributed by atoms with Crippen LogP contribution in [0.15, 0.2) is 0 Å². The van der Waals surface area contributed by atoms with Crippen molar-refractivity contribution in [1.29, 1.82) is 0 Å². The standard InChI is InChI=1S/C14H23NO4/c1-9-11(6-7-19-9)13(16)15-8-10-4-2-3-5-12(10)14(17)18/h9-12H,2-8H2,1H3,(H,15,16)(H,17,18). The van der Waals surface area contributed by atoms with Gasteiger partial charge in [-0.15, -0.1) is 0 Å².